The molecule has 0 spiro atoms. The van der Waals surface area contributed by atoms with Crippen molar-refractivity contribution >= 4 is 34.0 Å². The maximum atomic E-state index is 12.2. The standard InChI is InChI=1S/C20H19NO4S/c1-21(19(22)13-25-20(23)18-4-3-9-26-18)12-14-5-6-16-11-17(24-2)8-7-15(16)10-14/h3-11H,12-13H2,1-2H3. The van der Waals surface area contributed by atoms with Crippen molar-refractivity contribution < 1.29 is 19.1 Å². The Labute approximate surface area is 155 Å². The number of likely N-dealkylation sites (N-methyl/N-ethyl adjacent to an activating group) is 1. The number of nitrogens with zero attached hydrogens (tertiary/aromatic N) is 1. The molecule has 0 N–H and O–H groups in total. The molecule has 0 unspecified atom stereocenters. The van der Waals surface area contributed by atoms with Crippen LogP contribution >= 0.6 is 11.3 Å². The summed E-state index contributed by atoms with van der Waals surface area (Å²) in [5.74, 6) is 0.0937. The Morgan fingerprint density at radius 2 is 1.85 bits per heavy atom. The van der Waals surface area contributed by atoms with Gasteiger partial charge in [-0.25, -0.2) is 4.79 Å². The molecule has 1 heterocycles. The lowest BCUT2D eigenvalue weighted by atomic mass is 10.1. The number of carbonyl (C=O) groups excluding carboxylic acids is 2. The van der Waals surface area contributed by atoms with Crippen molar-refractivity contribution in [3.63, 3.8) is 0 Å². The predicted octanol–water partition coefficient (Wildman–Crippen LogP) is 3.73. The van der Waals surface area contributed by atoms with Gasteiger partial charge in [-0.15, -0.1) is 11.3 Å². The van der Waals surface area contributed by atoms with Crippen molar-refractivity contribution in [2.45, 2.75) is 6.54 Å². The second-order valence-electron chi connectivity index (χ2n) is 5.85. The van der Waals surface area contributed by atoms with Gasteiger partial charge >= 0.3 is 5.97 Å². The van der Waals surface area contributed by atoms with Crippen LogP contribution < -0.4 is 4.74 Å². The Morgan fingerprint density at radius 1 is 1.08 bits per heavy atom. The largest absolute Gasteiger partial charge is 0.497 e. The van der Waals surface area contributed by atoms with Crippen LogP contribution in [0.5, 0.6) is 5.75 Å². The topological polar surface area (TPSA) is 55.8 Å². The van der Waals surface area contributed by atoms with Gasteiger partial charge < -0.3 is 14.4 Å². The number of ether oxygens (including phenoxy) is 2. The number of benzene rings is 2. The second-order valence-corrected chi connectivity index (χ2v) is 6.80. The summed E-state index contributed by atoms with van der Waals surface area (Å²) in [5.41, 5.74) is 1.00. The summed E-state index contributed by atoms with van der Waals surface area (Å²) in [6.07, 6.45) is 0. The van der Waals surface area contributed by atoms with Crippen molar-refractivity contribution in [1.29, 1.82) is 0 Å². The number of hydrogen-bond acceptors (Lipinski definition) is 5. The van der Waals surface area contributed by atoms with Gasteiger partial charge in [0.1, 0.15) is 10.6 Å². The van der Waals surface area contributed by atoms with E-state index in [2.05, 4.69) is 0 Å². The number of methoxy groups -OCH3 is 1. The number of hydrogen-bond donors (Lipinski definition) is 0. The molecular weight excluding hydrogens is 350 g/mol. The monoisotopic (exact) mass is 369 g/mol. The van der Waals surface area contributed by atoms with Crippen molar-refractivity contribution in [3.05, 3.63) is 64.4 Å². The summed E-state index contributed by atoms with van der Waals surface area (Å²) < 4.78 is 10.3. The minimum Gasteiger partial charge on any atom is -0.497 e. The van der Waals surface area contributed by atoms with E-state index in [4.69, 9.17) is 9.47 Å². The fourth-order valence-electron chi connectivity index (χ4n) is 2.56. The molecule has 0 aliphatic heterocycles. The highest BCUT2D eigenvalue weighted by molar-refractivity contribution is 7.11. The van der Waals surface area contributed by atoms with Gasteiger partial charge in [-0.1, -0.05) is 24.3 Å². The Morgan fingerprint density at radius 3 is 2.58 bits per heavy atom. The summed E-state index contributed by atoms with van der Waals surface area (Å²) in [5, 5.41) is 3.94. The zero-order valence-electron chi connectivity index (χ0n) is 14.6. The SMILES string of the molecule is COc1ccc2cc(CN(C)C(=O)COC(=O)c3cccs3)ccc2c1. The summed E-state index contributed by atoms with van der Waals surface area (Å²) in [7, 11) is 3.33. The van der Waals surface area contributed by atoms with Crippen molar-refractivity contribution in [3.8, 4) is 5.75 Å². The quantitative estimate of drug-likeness (QED) is 0.622. The zero-order valence-corrected chi connectivity index (χ0v) is 15.4. The van der Waals surface area contributed by atoms with Crippen LogP contribution in [0.25, 0.3) is 10.8 Å². The summed E-state index contributed by atoms with van der Waals surface area (Å²) in [4.78, 5) is 26.0. The van der Waals surface area contributed by atoms with Gasteiger partial charge in [0.15, 0.2) is 6.61 Å². The lowest BCUT2D eigenvalue weighted by Gasteiger charge is -2.17. The van der Waals surface area contributed by atoms with Crippen LogP contribution in [0, 0.1) is 0 Å². The smallest absolute Gasteiger partial charge is 0.348 e. The molecule has 0 saturated heterocycles. The fraction of sp³-hybridized carbons (Fsp3) is 0.200. The molecule has 134 valence electrons. The number of rotatable bonds is 6. The number of thiophene rings is 1. The number of carbonyl (C=O) groups is 2. The highest BCUT2D eigenvalue weighted by Gasteiger charge is 2.14. The molecule has 3 aromatic rings. The lowest BCUT2D eigenvalue weighted by molar-refractivity contribution is -0.133. The van der Waals surface area contributed by atoms with Crippen molar-refractivity contribution in [2.75, 3.05) is 20.8 Å². The number of fused-ring (bicyclic) bond motifs is 1. The Bertz CT molecular complexity index is 921. The third-order valence-electron chi connectivity index (χ3n) is 4.01. The van der Waals surface area contributed by atoms with Crippen LogP contribution in [0.4, 0.5) is 0 Å². The summed E-state index contributed by atoms with van der Waals surface area (Å²) in [6, 6.07) is 15.3. The minimum atomic E-state index is -0.471. The molecule has 0 saturated carbocycles. The van der Waals surface area contributed by atoms with Gasteiger partial charge in [-0.05, 0) is 46.0 Å². The molecule has 5 nitrogen and oxygen atoms in total. The van der Waals surface area contributed by atoms with Crippen molar-refractivity contribution in [2.24, 2.45) is 0 Å². The molecular formula is C20H19NO4S. The molecule has 0 fully saturated rings. The first-order valence-corrected chi connectivity index (χ1v) is 8.96. The van der Waals surface area contributed by atoms with Crippen LogP contribution in [0.3, 0.4) is 0 Å². The van der Waals surface area contributed by atoms with E-state index >= 15 is 0 Å². The zero-order chi connectivity index (χ0) is 18.5. The van der Waals surface area contributed by atoms with Crippen LogP contribution in [0.1, 0.15) is 15.2 Å². The molecule has 0 aliphatic carbocycles. The van der Waals surface area contributed by atoms with Crippen LogP contribution in [0.2, 0.25) is 0 Å². The number of esters is 1. The molecule has 0 bridgehead atoms. The summed E-state index contributed by atoms with van der Waals surface area (Å²) >= 11 is 1.29. The minimum absolute atomic E-state index is 0.246. The molecule has 1 amide bonds. The van der Waals surface area contributed by atoms with Gasteiger partial charge in [-0.3, -0.25) is 4.79 Å². The van der Waals surface area contributed by atoms with E-state index in [1.165, 1.54) is 11.3 Å². The van der Waals surface area contributed by atoms with E-state index in [9.17, 15) is 9.59 Å². The maximum Gasteiger partial charge on any atom is 0.348 e. The molecule has 2 aromatic carbocycles. The average molecular weight is 369 g/mol. The molecule has 0 atom stereocenters. The molecule has 0 radical (unpaired) electrons. The van der Waals surface area contributed by atoms with Gasteiger partial charge in [0.2, 0.25) is 0 Å². The van der Waals surface area contributed by atoms with E-state index in [0.717, 1.165) is 22.1 Å². The van der Waals surface area contributed by atoms with E-state index < -0.39 is 5.97 Å². The molecule has 1 aromatic heterocycles. The highest BCUT2D eigenvalue weighted by Crippen LogP contribution is 2.22. The first-order valence-electron chi connectivity index (χ1n) is 8.08. The van der Waals surface area contributed by atoms with Crippen LogP contribution in [-0.2, 0) is 16.1 Å². The van der Waals surface area contributed by atoms with E-state index in [1.807, 2.05) is 36.4 Å². The first kappa shape index (κ1) is 17.9. The Hall–Kier alpha value is -2.86. The molecule has 6 heteroatoms. The third-order valence-corrected chi connectivity index (χ3v) is 4.86. The van der Waals surface area contributed by atoms with E-state index in [-0.39, 0.29) is 12.5 Å². The maximum absolute atomic E-state index is 12.2. The fourth-order valence-corrected chi connectivity index (χ4v) is 3.18. The van der Waals surface area contributed by atoms with E-state index in [1.54, 1.807) is 36.6 Å². The van der Waals surface area contributed by atoms with Gasteiger partial charge in [0.05, 0.1) is 7.11 Å². The second kappa shape index (κ2) is 8.01. The summed E-state index contributed by atoms with van der Waals surface area (Å²) in [6.45, 7) is 0.176. The number of amides is 1. The van der Waals surface area contributed by atoms with Gasteiger partial charge in [-0.2, -0.15) is 0 Å². The van der Waals surface area contributed by atoms with Gasteiger partial charge in [0, 0.05) is 13.6 Å². The van der Waals surface area contributed by atoms with Crippen molar-refractivity contribution in [1.82, 2.24) is 4.90 Å². The Kier molecular flexibility index (Phi) is 5.53. The van der Waals surface area contributed by atoms with Crippen LogP contribution in [-0.4, -0.2) is 37.5 Å². The Balaban J connectivity index is 1.59. The van der Waals surface area contributed by atoms with E-state index in [0.29, 0.717) is 11.4 Å². The van der Waals surface area contributed by atoms with Gasteiger partial charge in [0.25, 0.3) is 5.91 Å². The van der Waals surface area contributed by atoms with Crippen LogP contribution in [0.15, 0.2) is 53.9 Å². The predicted molar refractivity (Wildman–Crippen MR) is 102 cm³/mol. The first-order chi connectivity index (χ1) is 12.6. The average Bonchev–Trinajstić information content (AvgIpc) is 3.20. The normalized spacial score (nSPS) is 10.5. The highest BCUT2D eigenvalue weighted by atomic mass is 32.1. The third kappa shape index (κ3) is 4.21. The molecule has 26 heavy (non-hydrogen) atoms. The molecule has 0 aliphatic rings. The molecule has 3 rings (SSSR count). The lowest BCUT2D eigenvalue weighted by Crippen LogP contribution is -2.30.